The van der Waals surface area contributed by atoms with Gasteiger partial charge >= 0.3 is 54.3 Å². The minimum Gasteiger partial charge on any atom is 2.00 e. The van der Waals surface area contributed by atoms with Crippen LogP contribution in [0, 0.1) is 0 Å². The van der Waals surface area contributed by atoms with E-state index in [-0.39, 0.29) is 17.1 Å². The fourth-order valence-corrected chi connectivity index (χ4v) is 0. The average Bonchev–Trinajstić information content (AvgIpc) is 1.35. The number of hydrogen-bond donors (Lipinski definition) is 0. The molecule has 0 saturated heterocycles. The molecule has 0 bridgehead atoms. The van der Waals surface area contributed by atoms with Crippen molar-refractivity contribution in [1.82, 2.24) is 0 Å². The normalized spacial score (nSPS) is 10.1. The first-order chi connectivity index (χ1) is 2.56. The molecule has 0 heterocycles. The molecule has 0 aliphatic rings. The Kier molecular flexibility index (Phi) is 5.68. The molecule has 0 rings (SSSR count). The third-order valence-electron chi connectivity index (χ3n) is 0.224. The standard InChI is InChI=1S/CH5AsO4.Fe/c1-6-2(3,4)5;/h1H3,(H2,3,4,5);/q;+2/p-2. The second kappa shape index (κ2) is 3.72. The Balaban J connectivity index is 0. The predicted molar refractivity (Wildman–Crippen MR) is 13.4 cm³/mol. The zero-order valence-electron chi connectivity index (χ0n) is 3.43. The van der Waals surface area contributed by atoms with E-state index in [1.165, 1.54) is 0 Å². The Hall–Kier alpha value is 0.758. The molecule has 0 spiro atoms. The van der Waals surface area contributed by atoms with Crippen molar-refractivity contribution in [2.75, 3.05) is 7.11 Å². The van der Waals surface area contributed by atoms with Crippen LogP contribution in [0.15, 0.2) is 0 Å². The van der Waals surface area contributed by atoms with Crippen molar-refractivity contribution in [3.63, 3.8) is 0 Å². The maximum absolute atomic E-state index is 9.31. The molecule has 0 aromatic rings. The van der Waals surface area contributed by atoms with Crippen LogP contribution in [-0.4, -0.2) is 21.6 Å². The first kappa shape index (κ1) is 10.7. The van der Waals surface area contributed by atoms with E-state index in [1.807, 2.05) is 0 Å². The van der Waals surface area contributed by atoms with E-state index >= 15 is 0 Å². The Labute approximate surface area is 54.7 Å². The molecule has 0 fully saturated rings. The summed E-state index contributed by atoms with van der Waals surface area (Å²) in [5.74, 6) is 0. The molecular weight excluding hydrogens is 207 g/mol. The van der Waals surface area contributed by atoms with Crippen molar-refractivity contribution >= 4 is 14.5 Å². The van der Waals surface area contributed by atoms with E-state index in [0.717, 1.165) is 7.11 Å². The second-order valence-electron chi connectivity index (χ2n) is 0.630. The topological polar surface area (TPSA) is 72.4 Å². The molecule has 44 valence electrons. The molecule has 0 aliphatic carbocycles. The number of hydrogen-bond acceptors (Lipinski definition) is 4. The van der Waals surface area contributed by atoms with Crippen molar-refractivity contribution in [2.45, 2.75) is 0 Å². The van der Waals surface area contributed by atoms with Gasteiger partial charge in [0.25, 0.3) is 0 Å². The van der Waals surface area contributed by atoms with Crippen molar-refractivity contribution in [3.8, 4) is 0 Å². The molecule has 0 aliphatic heterocycles. The van der Waals surface area contributed by atoms with E-state index in [2.05, 4.69) is 3.73 Å². The smallest absolute Gasteiger partial charge is 2.00 e. The van der Waals surface area contributed by atoms with Gasteiger partial charge in [-0.25, -0.2) is 0 Å². The van der Waals surface area contributed by atoms with Gasteiger partial charge in [-0.05, 0) is 0 Å². The van der Waals surface area contributed by atoms with E-state index in [9.17, 15) is 11.9 Å². The molecule has 7 heavy (non-hydrogen) atoms. The molecule has 0 radical (unpaired) electrons. The summed E-state index contributed by atoms with van der Waals surface area (Å²) in [5.41, 5.74) is 0. The van der Waals surface area contributed by atoms with Crippen LogP contribution in [0.25, 0.3) is 0 Å². The molecule has 0 aromatic heterocycles. The maximum atomic E-state index is 9.31. The number of rotatable bonds is 1. The van der Waals surface area contributed by atoms with Crippen LogP contribution in [0.2, 0.25) is 0 Å². The summed E-state index contributed by atoms with van der Waals surface area (Å²) in [6.45, 7) is 0. The van der Waals surface area contributed by atoms with Crippen LogP contribution in [0.1, 0.15) is 0 Å². The Bertz CT molecular complexity index is 75.8. The van der Waals surface area contributed by atoms with Gasteiger partial charge in [-0.3, -0.25) is 0 Å². The van der Waals surface area contributed by atoms with Gasteiger partial charge in [-0.1, -0.05) is 0 Å². The summed E-state index contributed by atoms with van der Waals surface area (Å²) in [6.07, 6.45) is 0. The van der Waals surface area contributed by atoms with E-state index in [1.54, 1.807) is 0 Å². The van der Waals surface area contributed by atoms with Gasteiger partial charge < -0.3 is 0 Å². The Morgan fingerprint density at radius 1 is 1.57 bits per heavy atom. The van der Waals surface area contributed by atoms with Gasteiger partial charge in [0.2, 0.25) is 0 Å². The van der Waals surface area contributed by atoms with E-state index in [4.69, 9.17) is 0 Å². The maximum Gasteiger partial charge on any atom is 2.00 e. The molecule has 6 heteroatoms. The van der Waals surface area contributed by atoms with E-state index < -0.39 is 14.5 Å². The van der Waals surface area contributed by atoms with Gasteiger partial charge in [0.1, 0.15) is 0 Å². The molecular formula is CH3AsFeO4. The zero-order chi connectivity index (χ0) is 5.21. The molecule has 0 unspecified atom stereocenters. The predicted octanol–water partition coefficient (Wildman–Crippen LogP) is -2.78. The first-order valence-electron chi connectivity index (χ1n) is 1.14. The molecule has 0 aromatic carbocycles. The van der Waals surface area contributed by atoms with Crippen molar-refractivity contribution in [2.24, 2.45) is 0 Å². The quantitative estimate of drug-likeness (QED) is 0.438. The first-order valence-corrected chi connectivity index (χ1v) is 4.20. The van der Waals surface area contributed by atoms with Crippen LogP contribution >= 0.6 is 0 Å². The van der Waals surface area contributed by atoms with Crippen LogP contribution in [-0.2, 0) is 24.5 Å². The summed E-state index contributed by atoms with van der Waals surface area (Å²) in [4.78, 5) is 0. The minimum atomic E-state index is -5.16. The monoisotopic (exact) mass is 210 g/mol. The van der Waals surface area contributed by atoms with Crippen LogP contribution < -0.4 is 8.19 Å². The Morgan fingerprint density at radius 2 is 1.71 bits per heavy atom. The second-order valence-corrected chi connectivity index (χ2v) is 3.27. The molecule has 0 saturated carbocycles. The molecule has 0 atom stereocenters. The Morgan fingerprint density at radius 3 is 1.71 bits per heavy atom. The molecule has 0 N–H and O–H groups in total. The fourth-order valence-electron chi connectivity index (χ4n) is 0. The third-order valence-corrected chi connectivity index (χ3v) is 1.16. The summed E-state index contributed by atoms with van der Waals surface area (Å²) < 4.78 is 31.4. The van der Waals surface area contributed by atoms with Crippen LogP contribution in [0.4, 0.5) is 0 Å². The summed E-state index contributed by atoms with van der Waals surface area (Å²) in [6, 6.07) is 0. The van der Waals surface area contributed by atoms with Crippen molar-refractivity contribution in [3.05, 3.63) is 0 Å². The van der Waals surface area contributed by atoms with Crippen molar-refractivity contribution in [1.29, 1.82) is 0 Å². The third kappa shape index (κ3) is 10.8. The summed E-state index contributed by atoms with van der Waals surface area (Å²) >= 11 is -5.16. The van der Waals surface area contributed by atoms with Crippen LogP contribution in [0.5, 0.6) is 0 Å². The molecule has 4 nitrogen and oxygen atoms in total. The van der Waals surface area contributed by atoms with E-state index in [0.29, 0.717) is 0 Å². The van der Waals surface area contributed by atoms with Gasteiger partial charge in [-0.2, -0.15) is 0 Å². The zero-order valence-corrected chi connectivity index (χ0v) is 6.41. The van der Waals surface area contributed by atoms with Gasteiger partial charge in [0.15, 0.2) is 0 Å². The van der Waals surface area contributed by atoms with Crippen LogP contribution in [0.3, 0.4) is 0 Å². The summed E-state index contributed by atoms with van der Waals surface area (Å²) in [5, 5.41) is 0. The van der Waals surface area contributed by atoms with Crippen molar-refractivity contribution < 1.29 is 32.7 Å². The average molecular weight is 210 g/mol. The van der Waals surface area contributed by atoms with Gasteiger partial charge in [0.05, 0.1) is 0 Å². The van der Waals surface area contributed by atoms with Gasteiger partial charge in [-0.15, -0.1) is 0 Å². The fraction of sp³-hybridized carbons (Fsp3) is 1.00. The minimum absolute atomic E-state index is 0. The summed E-state index contributed by atoms with van der Waals surface area (Å²) in [7, 11) is 0.847. The SMILES string of the molecule is CO[As](=O)([O-])[O-].[Fe+2]. The largest absolute Gasteiger partial charge is 2.00 e. The van der Waals surface area contributed by atoms with Gasteiger partial charge in [0, 0.05) is 0 Å². The molecule has 0 amide bonds.